The van der Waals surface area contributed by atoms with Crippen molar-refractivity contribution in [3.8, 4) is 16.3 Å². The molecular weight excluding hydrogens is 376 g/mol. The molecule has 3 aromatic rings. The van der Waals surface area contributed by atoms with E-state index in [0.29, 0.717) is 5.01 Å². The minimum Gasteiger partial charge on any atom is -0.497 e. The topological polar surface area (TPSA) is 88.5 Å². The number of carboxylic acids is 1. The van der Waals surface area contributed by atoms with Crippen molar-refractivity contribution in [1.82, 2.24) is 10.3 Å². The van der Waals surface area contributed by atoms with Gasteiger partial charge in [0.05, 0.1) is 19.6 Å². The van der Waals surface area contributed by atoms with Crippen molar-refractivity contribution in [2.45, 2.75) is 19.4 Å². The summed E-state index contributed by atoms with van der Waals surface area (Å²) in [5.41, 5.74) is 2.85. The van der Waals surface area contributed by atoms with Gasteiger partial charge in [-0.05, 0) is 42.3 Å². The van der Waals surface area contributed by atoms with Gasteiger partial charge in [-0.15, -0.1) is 11.3 Å². The lowest BCUT2D eigenvalue weighted by Crippen LogP contribution is -2.30. The van der Waals surface area contributed by atoms with Crippen molar-refractivity contribution in [3.63, 3.8) is 0 Å². The molecule has 0 fully saturated rings. The number of amides is 1. The number of aliphatic carboxylic acids is 1. The fourth-order valence-electron chi connectivity index (χ4n) is 2.87. The van der Waals surface area contributed by atoms with Crippen molar-refractivity contribution in [2.75, 3.05) is 7.11 Å². The summed E-state index contributed by atoms with van der Waals surface area (Å²) in [4.78, 5) is 28.4. The number of hydrogen-bond donors (Lipinski definition) is 2. The van der Waals surface area contributed by atoms with E-state index < -0.39 is 17.9 Å². The molecule has 2 N–H and O–H groups in total. The molecule has 6 nitrogen and oxygen atoms in total. The third kappa shape index (κ3) is 4.55. The summed E-state index contributed by atoms with van der Waals surface area (Å²) in [5, 5.41) is 14.4. The molecule has 1 heterocycles. The number of rotatable bonds is 7. The van der Waals surface area contributed by atoms with Gasteiger partial charge in [0.25, 0.3) is 5.91 Å². The zero-order valence-electron chi connectivity index (χ0n) is 15.5. The molecule has 0 aliphatic carbocycles. The lowest BCUT2D eigenvalue weighted by Gasteiger charge is -2.18. The van der Waals surface area contributed by atoms with Crippen LogP contribution < -0.4 is 10.1 Å². The van der Waals surface area contributed by atoms with Crippen LogP contribution in [0.1, 0.15) is 34.1 Å². The fourth-order valence-corrected chi connectivity index (χ4v) is 3.67. The predicted octanol–water partition coefficient (Wildman–Crippen LogP) is 4.07. The summed E-state index contributed by atoms with van der Waals surface area (Å²) in [7, 11) is 1.60. The van der Waals surface area contributed by atoms with Gasteiger partial charge >= 0.3 is 5.97 Å². The number of carboxylic acid groups (broad SMARTS) is 1. The predicted molar refractivity (Wildman–Crippen MR) is 108 cm³/mol. The zero-order valence-corrected chi connectivity index (χ0v) is 16.3. The van der Waals surface area contributed by atoms with Gasteiger partial charge in [-0.1, -0.05) is 24.3 Å². The molecule has 0 bridgehead atoms. The molecule has 0 saturated heterocycles. The number of nitrogens with one attached hydrogen (secondary N) is 1. The highest BCUT2D eigenvalue weighted by molar-refractivity contribution is 7.13. The molecule has 0 spiro atoms. The molecule has 3 rings (SSSR count). The van der Waals surface area contributed by atoms with E-state index in [9.17, 15) is 14.7 Å². The maximum absolute atomic E-state index is 12.7. The zero-order chi connectivity index (χ0) is 20.1. The van der Waals surface area contributed by atoms with Crippen molar-refractivity contribution >= 4 is 23.2 Å². The summed E-state index contributed by atoms with van der Waals surface area (Å²) < 4.78 is 5.15. The highest BCUT2D eigenvalue weighted by atomic mass is 32.1. The van der Waals surface area contributed by atoms with Crippen LogP contribution in [0.25, 0.3) is 10.6 Å². The van der Waals surface area contributed by atoms with Crippen molar-refractivity contribution in [3.05, 3.63) is 70.7 Å². The second-order valence-corrected chi connectivity index (χ2v) is 7.11. The van der Waals surface area contributed by atoms with Crippen LogP contribution in [0.5, 0.6) is 5.75 Å². The molecule has 1 unspecified atom stereocenters. The number of aryl methyl sites for hydroxylation is 1. The fraction of sp³-hybridized carbons (Fsp3) is 0.190. The number of carbonyl (C=O) groups excluding carboxylic acids is 1. The standard InChI is InChI=1S/C21H20N2O4S/c1-13-5-3-4-6-16(13)17(11-19(24)25)22-20(26)18-12-28-21(23-18)14-7-9-15(27-2)10-8-14/h3-10,12,17H,11H2,1-2H3,(H,22,26)(H,24,25). The molecule has 1 amide bonds. The Kier molecular flexibility index (Phi) is 6.06. The third-order valence-electron chi connectivity index (χ3n) is 4.32. The minimum atomic E-state index is -0.981. The van der Waals surface area contributed by atoms with E-state index in [1.807, 2.05) is 55.5 Å². The quantitative estimate of drug-likeness (QED) is 0.628. The highest BCUT2D eigenvalue weighted by Crippen LogP contribution is 2.26. The minimum absolute atomic E-state index is 0.202. The Labute approximate surface area is 166 Å². The van der Waals surface area contributed by atoms with Gasteiger partial charge in [-0.3, -0.25) is 9.59 Å². The number of nitrogens with zero attached hydrogens (tertiary/aromatic N) is 1. The van der Waals surface area contributed by atoms with E-state index in [2.05, 4.69) is 10.3 Å². The second kappa shape index (κ2) is 8.67. The average molecular weight is 396 g/mol. The van der Waals surface area contributed by atoms with E-state index in [-0.39, 0.29) is 12.1 Å². The van der Waals surface area contributed by atoms with E-state index in [1.165, 1.54) is 11.3 Å². The number of hydrogen-bond acceptors (Lipinski definition) is 5. The van der Waals surface area contributed by atoms with Crippen LogP contribution in [-0.2, 0) is 4.79 Å². The molecule has 1 atom stereocenters. The molecule has 1 aromatic heterocycles. The first-order valence-electron chi connectivity index (χ1n) is 8.66. The maximum atomic E-state index is 12.7. The van der Waals surface area contributed by atoms with Crippen molar-refractivity contribution in [2.24, 2.45) is 0 Å². The summed E-state index contributed by atoms with van der Waals surface area (Å²) in [6.07, 6.45) is -0.202. The van der Waals surface area contributed by atoms with Gasteiger partial charge in [0, 0.05) is 10.9 Å². The maximum Gasteiger partial charge on any atom is 0.305 e. The lowest BCUT2D eigenvalue weighted by molar-refractivity contribution is -0.137. The third-order valence-corrected chi connectivity index (χ3v) is 5.21. The second-order valence-electron chi connectivity index (χ2n) is 6.25. The SMILES string of the molecule is COc1ccc(-c2nc(C(=O)NC(CC(=O)O)c3ccccc3C)cs2)cc1. The van der Waals surface area contributed by atoms with Gasteiger partial charge < -0.3 is 15.2 Å². The Bertz CT molecular complexity index is 982. The van der Waals surface area contributed by atoms with Crippen LogP contribution in [0.2, 0.25) is 0 Å². The molecule has 28 heavy (non-hydrogen) atoms. The first-order valence-corrected chi connectivity index (χ1v) is 9.54. The van der Waals surface area contributed by atoms with Crippen LogP contribution in [0.4, 0.5) is 0 Å². The van der Waals surface area contributed by atoms with Crippen LogP contribution in [0, 0.1) is 6.92 Å². The Balaban J connectivity index is 1.79. The Morgan fingerprint density at radius 2 is 1.89 bits per heavy atom. The molecule has 144 valence electrons. The smallest absolute Gasteiger partial charge is 0.305 e. The number of carbonyl (C=O) groups is 2. The Hall–Kier alpha value is -3.19. The largest absolute Gasteiger partial charge is 0.497 e. The molecule has 0 aliphatic heterocycles. The molecular formula is C21H20N2O4S. The van der Waals surface area contributed by atoms with Gasteiger partial charge in [-0.2, -0.15) is 0 Å². The molecule has 2 aromatic carbocycles. The lowest BCUT2D eigenvalue weighted by atomic mass is 9.98. The van der Waals surface area contributed by atoms with Crippen molar-refractivity contribution < 1.29 is 19.4 Å². The highest BCUT2D eigenvalue weighted by Gasteiger charge is 2.21. The number of thiazole rings is 1. The Morgan fingerprint density at radius 3 is 2.54 bits per heavy atom. The van der Waals surface area contributed by atoms with Gasteiger partial charge in [-0.25, -0.2) is 4.98 Å². The molecule has 7 heteroatoms. The average Bonchev–Trinajstić information content (AvgIpc) is 3.18. The Morgan fingerprint density at radius 1 is 1.18 bits per heavy atom. The van der Waals surface area contributed by atoms with Crippen LogP contribution in [0.15, 0.2) is 53.9 Å². The monoisotopic (exact) mass is 396 g/mol. The normalized spacial score (nSPS) is 11.6. The van der Waals surface area contributed by atoms with Crippen LogP contribution in [0.3, 0.4) is 0 Å². The molecule has 0 aliphatic rings. The number of benzene rings is 2. The van der Waals surface area contributed by atoms with E-state index in [0.717, 1.165) is 22.4 Å². The molecule has 0 radical (unpaired) electrons. The first-order chi connectivity index (χ1) is 13.5. The first kappa shape index (κ1) is 19.6. The van der Waals surface area contributed by atoms with Gasteiger partial charge in [0.2, 0.25) is 0 Å². The van der Waals surface area contributed by atoms with Gasteiger partial charge in [0.15, 0.2) is 0 Å². The van der Waals surface area contributed by atoms with E-state index >= 15 is 0 Å². The van der Waals surface area contributed by atoms with Crippen LogP contribution >= 0.6 is 11.3 Å². The number of aromatic nitrogens is 1. The van der Waals surface area contributed by atoms with Crippen LogP contribution in [-0.4, -0.2) is 29.1 Å². The molecule has 0 saturated carbocycles. The summed E-state index contributed by atoms with van der Waals surface area (Å²) in [6, 6.07) is 14.2. The van der Waals surface area contributed by atoms with E-state index in [4.69, 9.17) is 4.74 Å². The number of ether oxygens (including phenoxy) is 1. The van der Waals surface area contributed by atoms with E-state index in [1.54, 1.807) is 12.5 Å². The van der Waals surface area contributed by atoms with Crippen molar-refractivity contribution in [1.29, 1.82) is 0 Å². The summed E-state index contributed by atoms with van der Waals surface area (Å²) in [6.45, 7) is 1.89. The number of methoxy groups -OCH3 is 1. The van der Waals surface area contributed by atoms with Gasteiger partial charge in [0.1, 0.15) is 16.5 Å². The summed E-state index contributed by atoms with van der Waals surface area (Å²) in [5.74, 6) is -0.635. The summed E-state index contributed by atoms with van der Waals surface area (Å²) >= 11 is 1.36.